The number of rotatable bonds is 4. The van der Waals surface area contributed by atoms with Crippen molar-refractivity contribution in [1.82, 2.24) is 30.0 Å². The second kappa shape index (κ2) is 5.45. The van der Waals surface area contributed by atoms with Gasteiger partial charge in [0.05, 0.1) is 11.2 Å². The Bertz CT molecular complexity index is 607. The van der Waals surface area contributed by atoms with Crippen LogP contribution in [0.25, 0.3) is 0 Å². The fourth-order valence-corrected chi connectivity index (χ4v) is 1.68. The van der Waals surface area contributed by atoms with Crippen LogP contribution in [0.2, 0.25) is 10.0 Å². The lowest BCUT2D eigenvalue weighted by Crippen LogP contribution is -2.25. The van der Waals surface area contributed by atoms with Crippen LogP contribution in [0.4, 0.5) is 0 Å². The Morgan fingerprint density at radius 3 is 2.83 bits per heavy atom. The van der Waals surface area contributed by atoms with Crippen molar-refractivity contribution in [3.8, 4) is 0 Å². The Balaban J connectivity index is 2.32. The van der Waals surface area contributed by atoms with E-state index in [2.05, 4.69) is 20.6 Å². The van der Waals surface area contributed by atoms with Crippen LogP contribution in [0.1, 0.15) is 19.2 Å². The normalized spacial score (nSPS) is 10.8. The summed E-state index contributed by atoms with van der Waals surface area (Å²) in [6.07, 6.45) is 2.21. The van der Waals surface area contributed by atoms with E-state index in [1.807, 2.05) is 6.92 Å². The van der Waals surface area contributed by atoms with Gasteiger partial charge in [-0.25, -0.2) is 9.36 Å². The molecule has 2 aromatic rings. The van der Waals surface area contributed by atoms with E-state index in [0.29, 0.717) is 12.4 Å². The molecule has 0 radical (unpaired) electrons. The summed E-state index contributed by atoms with van der Waals surface area (Å²) in [5.74, 6) is 0.546. The van der Waals surface area contributed by atoms with Gasteiger partial charge in [0.2, 0.25) is 0 Å². The van der Waals surface area contributed by atoms with Gasteiger partial charge < -0.3 is 0 Å². The minimum absolute atomic E-state index is 0.0545. The van der Waals surface area contributed by atoms with Crippen LogP contribution in [0.5, 0.6) is 0 Å². The third-order valence-corrected chi connectivity index (χ3v) is 3.02. The molecule has 2 aromatic heterocycles. The first-order chi connectivity index (χ1) is 8.63. The van der Waals surface area contributed by atoms with Gasteiger partial charge in [-0.15, -0.1) is 5.10 Å². The molecule has 2 rings (SSSR count). The van der Waals surface area contributed by atoms with E-state index in [1.165, 1.54) is 10.9 Å². The number of hydrogen-bond acceptors (Lipinski definition) is 5. The summed E-state index contributed by atoms with van der Waals surface area (Å²) in [6.45, 7) is 2.84. The van der Waals surface area contributed by atoms with Gasteiger partial charge in [0, 0.05) is 6.54 Å². The summed E-state index contributed by atoms with van der Waals surface area (Å²) in [4.78, 5) is 11.8. The molecule has 0 saturated carbocycles. The molecule has 7 nitrogen and oxygen atoms in total. The second-order valence-corrected chi connectivity index (χ2v) is 4.37. The highest BCUT2D eigenvalue weighted by molar-refractivity contribution is 6.41. The molecule has 0 amide bonds. The van der Waals surface area contributed by atoms with Crippen molar-refractivity contribution in [2.75, 3.05) is 0 Å². The lowest BCUT2D eigenvalue weighted by Gasteiger charge is -2.05. The molecular formula is C9H10Cl2N6O. The Hall–Kier alpha value is -1.47. The summed E-state index contributed by atoms with van der Waals surface area (Å²) in [6, 6.07) is 0. The summed E-state index contributed by atoms with van der Waals surface area (Å²) >= 11 is 11.5. The van der Waals surface area contributed by atoms with E-state index in [-0.39, 0.29) is 16.6 Å². The molecule has 9 heteroatoms. The number of nitrogens with zero attached hydrogens (tertiary/aromatic N) is 6. The number of hydrogen-bond donors (Lipinski definition) is 0. The molecule has 0 aliphatic carbocycles. The maximum absolute atomic E-state index is 11.8. The van der Waals surface area contributed by atoms with Gasteiger partial charge in [0.15, 0.2) is 5.82 Å². The molecule has 0 bridgehead atoms. The average molecular weight is 289 g/mol. The first-order valence-corrected chi connectivity index (χ1v) is 6.05. The van der Waals surface area contributed by atoms with Crippen molar-refractivity contribution in [2.45, 2.75) is 26.4 Å². The van der Waals surface area contributed by atoms with Crippen molar-refractivity contribution in [1.29, 1.82) is 0 Å². The molecular weight excluding hydrogens is 279 g/mol. The summed E-state index contributed by atoms with van der Waals surface area (Å²) in [5, 5.41) is 15.2. The maximum atomic E-state index is 11.8. The fraction of sp³-hybridized carbons (Fsp3) is 0.444. The van der Waals surface area contributed by atoms with Gasteiger partial charge in [-0.1, -0.05) is 30.1 Å². The van der Waals surface area contributed by atoms with E-state index in [0.717, 1.165) is 6.42 Å². The zero-order valence-corrected chi connectivity index (χ0v) is 11.1. The number of aryl methyl sites for hydroxylation is 1. The van der Waals surface area contributed by atoms with Crippen molar-refractivity contribution < 1.29 is 0 Å². The van der Waals surface area contributed by atoms with Crippen LogP contribution in [0, 0.1) is 0 Å². The monoisotopic (exact) mass is 288 g/mol. The minimum Gasteiger partial charge on any atom is -0.266 e. The fourth-order valence-electron chi connectivity index (χ4n) is 1.41. The second-order valence-electron chi connectivity index (χ2n) is 3.59. The topological polar surface area (TPSA) is 78.5 Å². The standard InChI is InChI=1S/C9H10Cl2N6O/c1-2-3-16-7(13-14-15-16)5-17-9(18)8(11)6(10)4-12-17/h4H,2-3,5H2,1H3. The zero-order valence-electron chi connectivity index (χ0n) is 9.55. The average Bonchev–Trinajstić information content (AvgIpc) is 2.78. The Labute approximate surface area is 112 Å². The summed E-state index contributed by atoms with van der Waals surface area (Å²) in [7, 11) is 0. The van der Waals surface area contributed by atoms with Gasteiger partial charge in [-0.05, 0) is 16.8 Å². The molecule has 0 N–H and O–H groups in total. The quantitative estimate of drug-likeness (QED) is 0.838. The van der Waals surface area contributed by atoms with Crippen molar-refractivity contribution >= 4 is 23.2 Å². The summed E-state index contributed by atoms with van der Waals surface area (Å²) < 4.78 is 2.79. The van der Waals surface area contributed by atoms with E-state index >= 15 is 0 Å². The molecule has 0 spiro atoms. The van der Waals surface area contributed by atoms with Crippen molar-refractivity contribution in [3.63, 3.8) is 0 Å². The first kappa shape index (κ1) is 13.0. The number of aromatic nitrogens is 6. The lowest BCUT2D eigenvalue weighted by atomic mass is 10.4. The van der Waals surface area contributed by atoms with Gasteiger partial charge in [0.1, 0.15) is 11.6 Å². The van der Waals surface area contributed by atoms with Gasteiger partial charge in [-0.2, -0.15) is 5.10 Å². The number of tetrazole rings is 1. The van der Waals surface area contributed by atoms with E-state index in [9.17, 15) is 4.79 Å². The molecule has 0 aliphatic heterocycles. The van der Waals surface area contributed by atoms with E-state index in [1.54, 1.807) is 4.68 Å². The molecule has 0 saturated heterocycles. The highest BCUT2D eigenvalue weighted by Gasteiger charge is 2.11. The Kier molecular flexibility index (Phi) is 3.93. The third kappa shape index (κ3) is 2.51. The van der Waals surface area contributed by atoms with Crippen LogP contribution in [0.3, 0.4) is 0 Å². The largest absolute Gasteiger partial charge is 0.287 e. The van der Waals surface area contributed by atoms with Gasteiger partial charge in [-0.3, -0.25) is 4.79 Å². The van der Waals surface area contributed by atoms with E-state index < -0.39 is 5.56 Å². The molecule has 0 fully saturated rings. The Morgan fingerprint density at radius 1 is 1.33 bits per heavy atom. The lowest BCUT2D eigenvalue weighted by molar-refractivity contribution is 0.522. The highest BCUT2D eigenvalue weighted by atomic mass is 35.5. The minimum atomic E-state index is -0.463. The van der Waals surface area contributed by atoms with Crippen LogP contribution in [0.15, 0.2) is 11.0 Å². The maximum Gasteiger partial charge on any atom is 0.287 e. The van der Waals surface area contributed by atoms with Crippen molar-refractivity contribution in [2.24, 2.45) is 0 Å². The number of halogens is 2. The van der Waals surface area contributed by atoms with Gasteiger partial charge >= 0.3 is 0 Å². The SMILES string of the molecule is CCCn1nnnc1Cn1ncc(Cl)c(Cl)c1=O. The molecule has 2 heterocycles. The molecule has 0 unspecified atom stereocenters. The first-order valence-electron chi connectivity index (χ1n) is 5.29. The predicted octanol–water partition coefficient (Wildman–Crippen LogP) is 0.995. The van der Waals surface area contributed by atoms with Crippen LogP contribution < -0.4 is 5.56 Å². The molecule has 0 aromatic carbocycles. The molecule has 18 heavy (non-hydrogen) atoms. The van der Waals surface area contributed by atoms with Gasteiger partial charge in [0.25, 0.3) is 5.56 Å². The zero-order chi connectivity index (χ0) is 13.1. The third-order valence-electron chi connectivity index (χ3n) is 2.28. The molecule has 96 valence electrons. The predicted molar refractivity (Wildman–Crippen MR) is 65.7 cm³/mol. The smallest absolute Gasteiger partial charge is 0.266 e. The molecule has 0 aliphatic rings. The highest BCUT2D eigenvalue weighted by Crippen LogP contribution is 2.14. The van der Waals surface area contributed by atoms with Crippen LogP contribution in [-0.2, 0) is 13.1 Å². The van der Waals surface area contributed by atoms with Crippen molar-refractivity contribution in [3.05, 3.63) is 32.4 Å². The summed E-state index contributed by atoms with van der Waals surface area (Å²) in [5.41, 5.74) is -0.463. The van der Waals surface area contributed by atoms with Crippen LogP contribution in [-0.4, -0.2) is 30.0 Å². The Morgan fingerprint density at radius 2 is 2.11 bits per heavy atom. The van der Waals surface area contributed by atoms with E-state index in [4.69, 9.17) is 23.2 Å². The molecule has 0 atom stereocenters. The van der Waals surface area contributed by atoms with Crippen LogP contribution >= 0.6 is 23.2 Å².